The summed E-state index contributed by atoms with van der Waals surface area (Å²) in [4.78, 5) is 24.5. The summed E-state index contributed by atoms with van der Waals surface area (Å²) in [6.07, 6.45) is 4.26. The molecule has 2 N–H and O–H groups in total. The standard InChI is InChI=1S/C20H22ClN5OS/c21-14-4-6-15(7-5-14)22-17-9-8-16-19(24-17)28-20(23-16)25-18(27)10-13-26-11-2-1-3-12-26/h4-9H,1-3,10-13H2,(H,22,24)(H,23,25,27). The molecule has 2 aromatic heterocycles. The number of carbonyl (C=O) groups excluding carboxylic acids is 1. The molecule has 0 atom stereocenters. The zero-order chi connectivity index (χ0) is 19.3. The van der Waals surface area contributed by atoms with E-state index in [4.69, 9.17) is 11.6 Å². The number of rotatable bonds is 6. The van der Waals surface area contributed by atoms with Crippen LogP contribution in [-0.4, -0.2) is 40.4 Å². The number of halogens is 1. The lowest BCUT2D eigenvalue weighted by molar-refractivity contribution is -0.116. The number of piperidine rings is 1. The molecular formula is C20H22ClN5OS. The highest BCUT2D eigenvalue weighted by atomic mass is 35.5. The number of nitrogens with one attached hydrogen (secondary N) is 2. The third-order valence-corrected chi connectivity index (χ3v) is 5.85. The number of benzene rings is 1. The van der Waals surface area contributed by atoms with E-state index in [1.165, 1.54) is 30.6 Å². The van der Waals surface area contributed by atoms with E-state index in [0.717, 1.165) is 41.5 Å². The first-order valence-corrected chi connectivity index (χ1v) is 10.7. The molecule has 1 aromatic carbocycles. The molecule has 146 valence electrons. The molecular weight excluding hydrogens is 394 g/mol. The number of fused-ring (bicyclic) bond motifs is 1. The zero-order valence-corrected chi connectivity index (χ0v) is 17.0. The second-order valence-corrected chi connectivity index (χ2v) is 8.29. The minimum Gasteiger partial charge on any atom is -0.340 e. The molecule has 1 aliphatic heterocycles. The molecule has 8 heteroatoms. The van der Waals surface area contributed by atoms with Gasteiger partial charge in [0.25, 0.3) is 0 Å². The van der Waals surface area contributed by atoms with Crippen molar-refractivity contribution in [2.45, 2.75) is 25.7 Å². The third kappa shape index (κ3) is 4.98. The topological polar surface area (TPSA) is 70.2 Å². The van der Waals surface area contributed by atoms with Crippen LogP contribution >= 0.6 is 22.9 Å². The van der Waals surface area contributed by atoms with Gasteiger partial charge in [0.15, 0.2) is 5.13 Å². The van der Waals surface area contributed by atoms with Gasteiger partial charge in [0.05, 0.1) is 0 Å². The van der Waals surface area contributed by atoms with Crippen molar-refractivity contribution < 1.29 is 4.79 Å². The lowest BCUT2D eigenvalue weighted by Gasteiger charge is -2.25. The zero-order valence-electron chi connectivity index (χ0n) is 15.4. The summed E-state index contributed by atoms with van der Waals surface area (Å²) in [7, 11) is 0. The van der Waals surface area contributed by atoms with Crippen LogP contribution in [-0.2, 0) is 4.79 Å². The Bertz CT molecular complexity index is 953. The Hall–Kier alpha value is -2.22. The van der Waals surface area contributed by atoms with E-state index >= 15 is 0 Å². The van der Waals surface area contributed by atoms with Crippen LogP contribution in [0.2, 0.25) is 5.02 Å². The van der Waals surface area contributed by atoms with Crippen molar-refractivity contribution in [2.75, 3.05) is 30.3 Å². The minimum absolute atomic E-state index is 0.00384. The second kappa shape index (κ2) is 8.86. The maximum absolute atomic E-state index is 12.3. The molecule has 0 aliphatic carbocycles. The SMILES string of the molecule is O=C(CCN1CCCCC1)Nc1nc2ccc(Nc3ccc(Cl)cc3)nc2s1. The van der Waals surface area contributed by atoms with Crippen molar-refractivity contribution in [3.63, 3.8) is 0 Å². The molecule has 28 heavy (non-hydrogen) atoms. The number of hydrogen-bond acceptors (Lipinski definition) is 6. The average Bonchev–Trinajstić information content (AvgIpc) is 3.10. The molecule has 3 aromatic rings. The molecule has 6 nitrogen and oxygen atoms in total. The van der Waals surface area contributed by atoms with Crippen LogP contribution in [0.15, 0.2) is 36.4 Å². The predicted molar refractivity (Wildman–Crippen MR) is 116 cm³/mol. The van der Waals surface area contributed by atoms with Gasteiger partial charge in [0.1, 0.15) is 16.2 Å². The summed E-state index contributed by atoms with van der Waals surface area (Å²) >= 11 is 7.30. The Morgan fingerprint density at radius 2 is 1.86 bits per heavy atom. The van der Waals surface area contributed by atoms with Crippen LogP contribution in [0.5, 0.6) is 0 Å². The molecule has 0 bridgehead atoms. The number of nitrogens with zero attached hydrogens (tertiary/aromatic N) is 3. The van der Waals surface area contributed by atoms with E-state index in [0.29, 0.717) is 16.6 Å². The van der Waals surface area contributed by atoms with Gasteiger partial charge in [-0.15, -0.1) is 0 Å². The van der Waals surface area contributed by atoms with Crippen LogP contribution in [0.4, 0.5) is 16.6 Å². The quantitative estimate of drug-likeness (QED) is 0.599. The number of pyridine rings is 1. The predicted octanol–water partition coefficient (Wildman–Crippen LogP) is 4.90. The van der Waals surface area contributed by atoms with Gasteiger partial charge >= 0.3 is 0 Å². The number of thiazole rings is 1. The number of amides is 1. The number of aromatic nitrogens is 2. The van der Waals surface area contributed by atoms with Crippen molar-refractivity contribution in [3.05, 3.63) is 41.4 Å². The summed E-state index contributed by atoms with van der Waals surface area (Å²) in [6.45, 7) is 3.01. The van der Waals surface area contributed by atoms with Crippen molar-refractivity contribution in [3.8, 4) is 0 Å². The molecule has 0 saturated carbocycles. The molecule has 1 amide bonds. The van der Waals surface area contributed by atoms with Crippen LogP contribution < -0.4 is 10.6 Å². The fourth-order valence-corrected chi connectivity index (χ4v) is 4.23. The lowest BCUT2D eigenvalue weighted by atomic mass is 10.1. The molecule has 0 unspecified atom stereocenters. The van der Waals surface area contributed by atoms with Gasteiger partial charge in [0, 0.05) is 23.7 Å². The smallest absolute Gasteiger partial charge is 0.227 e. The van der Waals surface area contributed by atoms with Crippen molar-refractivity contribution >= 4 is 55.8 Å². The first-order valence-electron chi connectivity index (χ1n) is 9.48. The van der Waals surface area contributed by atoms with E-state index < -0.39 is 0 Å². The van der Waals surface area contributed by atoms with Crippen molar-refractivity contribution in [1.82, 2.24) is 14.9 Å². The van der Waals surface area contributed by atoms with Crippen LogP contribution in [0.25, 0.3) is 10.3 Å². The minimum atomic E-state index is 0.00384. The highest BCUT2D eigenvalue weighted by molar-refractivity contribution is 7.22. The fraction of sp³-hybridized carbons (Fsp3) is 0.350. The van der Waals surface area contributed by atoms with Gasteiger partial charge in [-0.05, 0) is 62.3 Å². The summed E-state index contributed by atoms with van der Waals surface area (Å²) < 4.78 is 0. The lowest BCUT2D eigenvalue weighted by Crippen LogP contribution is -2.32. The van der Waals surface area contributed by atoms with E-state index in [9.17, 15) is 4.79 Å². The highest BCUT2D eigenvalue weighted by Crippen LogP contribution is 2.27. The highest BCUT2D eigenvalue weighted by Gasteiger charge is 2.13. The summed E-state index contributed by atoms with van der Waals surface area (Å²) in [6, 6.07) is 11.2. The Labute approximate surface area is 172 Å². The molecule has 1 aliphatic rings. The fourth-order valence-electron chi connectivity index (χ4n) is 3.25. The normalized spacial score (nSPS) is 14.9. The van der Waals surface area contributed by atoms with Gasteiger partial charge in [0.2, 0.25) is 5.91 Å². The number of carbonyl (C=O) groups is 1. The van der Waals surface area contributed by atoms with E-state index in [-0.39, 0.29) is 5.91 Å². The first kappa shape index (κ1) is 19.1. The number of likely N-dealkylation sites (tertiary alicyclic amines) is 1. The Kier molecular flexibility index (Phi) is 6.04. The Morgan fingerprint density at radius 1 is 1.07 bits per heavy atom. The van der Waals surface area contributed by atoms with Gasteiger partial charge in [-0.2, -0.15) is 0 Å². The maximum Gasteiger partial charge on any atom is 0.227 e. The maximum atomic E-state index is 12.3. The Balaban J connectivity index is 1.37. The van der Waals surface area contributed by atoms with Crippen LogP contribution in [0.1, 0.15) is 25.7 Å². The van der Waals surface area contributed by atoms with E-state index in [1.807, 2.05) is 36.4 Å². The molecule has 4 rings (SSSR count). The molecule has 0 spiro atoms. The summed E-state index contributed by atoms with van der Waals surface area (Å²) in [5.41, 5.74) is 1.69. The molecule has 3 heterocycles. The van der Waals surface area contributed by atoms with Crippen LogP contribution in [0.3, 0.4) is 0 Å². The van der Waals surface area contributed by atoms with Crippen LogP contribution in [0, 0.1) is 0 Å². The second-order valence-electron chi connectivity index (χ2n) is 6.87. The monoisotopic (exact) mass is 415 g/mol. The third-order valence-electron chi connectivity index (χ3n) is 4.72. The Morgan fingerprint density at radius 3 is 2.64 bits per heavy atom. The summed E-state index contributed by atoms with van der Waals surface area (Å²) in [5, 5.41) is 7.44. The van der Waals surface area contributed by atoms with Crippen molar-refractivity contribution in [2.24, 2.45) is 0 Å². The van der Waals surface area contributed by atoms with E-state index in [2.05, 4.69) is 25.5 Å². The van der Waals surface area contributed by atoms with Gasteiger partial charge in [-0.1, -0.05) is 29.4 Å². The number of hydrogen-bond donors (Lipinski definition) is 2. The number of anilines is 3. The molecule has 1 saturated heterocycles. The average molecular weight is 416 g/mol. The largest absolute Gasteiger partial charge is 0.340 e. The van der Waals surface area contributed by atoms with Gasteiger partial charge < -0.3 is 15.5 Å². The molecule has 0 radical (unpaired) electrons. The first-order chi connectivity index (χ1) is 13.7. The van der Waals surface area contributed by atoms with Gasteiger partial charge in [-0.25, -0.2) is 9.97 Å². The molecule has 1 fully saturated rings. The van der Waals surface area contributed by atoms with Crippen molar-refractivity contribution in [1.29, 1.82) is 0 Å². The van der Waals surface area contributed by atoms with Gasteiger partial charge in [-0.3, -0.25) is 4.79 Å². The van der Waals surface area contributed by atoms with E-state index in [1.54, 1.807) is 0 Å². The summed E-state index contributed by atoms with van der Waals surface area (Å²) in [5.74, 6) is 0.727.